The summed E-state index contributed by atoms with van der Waals surface area (Å²) in [5.74, 6) is -0.585. The number of rotatable bonds is 5. The zero-order valence-electron chi connectivity index (χ0n) is 17.0. The van der Waals surface area contributed by atoms with E-state index in [2.05, 4.69) is 14.9 Å². The average Bonchev–Trinajstić information content (AvgIpc) is 3.14. The van der Waals surface area contributed by atoms with Gasteiger partial charge in [-0.1, -0.05) is 18.0 Å². The molecule has 4 rings (SSSR count). The van der Waals surface area contributed by atoms with Crippen LogP contribution in [0, 0.1) is 0 Å². The summed E-state index contributed by atoms with van der Waals surface area (Å²) in [4.78, 5) is 46.1. The van der Waals surface area contributed by atoms with Crippen molar-refractivity contribution in [2.45, 2.75) is 51.0 Å². The number of fused-ring (bicyclic) bond motifs is 1. The number of hydrogen-bond donors (Lipinski definition) is 3. The lowest BCUT2D eigenvalue weighted by atomic mass is 9.98. The number of H-pyrrole nitrogens is 2. The van der Waals surface area contributed by atoms with Gasteiger partial charge in [0.05, 0.1) is 21.6 Å². The van der Waals surface area contributed by atoms with Crippen LogP contribution < -0.4 is 11.4 Å². The van der Waals surface area contributed by atoms with Crippen LogP contribution in [-0.2, 0) is 11.2 Å². The van der Waals surface area contributed by atoms with Crippen LogP contribution in [0.15, 0.2) is 10.9 Å². The zero-order valence-corrected chi connectivity index (χ0v) is 17.8. The number of aromatic nitrogens is 2. The van der Waals surface area contributed by atoms with Gasteiger partial charge in [-0.3, -0.25) is 9.59 Å². The minimum atomic E-state index is -0.656. The average molecular weight is 434 g/mol. The molecule has 0 bridgehead atoms. The summed E-state index contributed by atoms with van der Waals surface area (Å²) in [5, 5.41) is 0.318. The summed E-state index contributed by atoms with van der Waals surface area (Å²) in [6.07, 6.45) is 6.52. The van der Waals surface area contributed by atoms with Crippen LogP contribution in [0.25, 0.3) is 11.0 Å². The fraction of sp³-hybridized carbons (Fsp3) is 0.571. The minimum absolute atomic E-state index is 0.0706. The van der Waals surface area contributed by atoms with Crippen LogP contribution >= 0.6 is 11.6 Å². The van der Waals surface area contributed by atoms with E-state index in [1.54, 1.807) is 6.07 Å². The number of primary amides is 1. The molecule has 9 heteroatoms. The highest BCUT2D eigenvalue weighted by Crippen LogP contribution is 2.28. The first-order valence-electron chi connectivity index (χ1n) is 10.7. The van der Waals surface area contributed by atoms with Gasteiger partial charge in [0.15, 0.2) is 0 Å². The predicted octanol–water partition coefficient (Wildman–Crippen LogP) is 2.02. The van der Waals surface area contributed by atoms with E-state index in [9.17, 15) is 14.4 Å². The Morgan fingerprint density at radius 2 is 1.73 bits per heavy atom. The number of likely N-dealkylation sites (tertiary alicyclic amines) is 2. The maximum absolute atomic E-state index is 12.8. The van der Waals surface area contributed by atoms with E-state index in [0.717, 1.165) is 25.9 Å². The summed E-state index contributed by atoms with van der Waals surface area (Å²) in [6, 6.07) is 2.20. The highest BCUT2D eigenvalue weighted by Gasteiger charge is 2.28. The van der Waals surface area contributed by atoms with Crippen LogP contribution in [0.4, 0.5) is 0 Å². The zero-order chi connectivity index (χ0) is 21.3. The quantitative estimate of drug-likeness (QED) is 0.668. The number of amides is 2. The maximum Gasteiger partial charge on any atom is 0.323 e. The molecule has 4 N–H and O–H groups in total. The van der Waals surface area contributed by atoms with E-state index in [1.807, 2.05) is 4.90 Å². The molecule has 0 atom stereocenters. The van der Waals surface area contributed by atoms with Gasteiger partial charge in [0.2, 0.25) is 5.91 Å². The molecule has 30 heavy (non-hydrogen) atoms. The van der Waals surface area contributed by atoms with Gasteiger partial charge in [0.1, 0.15) is 0 Å². The Morgan fingerprint density at radius 1 is 1.07 bits per heavy atom. The number of aromatic amines is 2. The van der Waals surface area contributed by atoms with E-state index in [0.29, 0.717) is 34.1 Å². The number of benzene rings is 1. The van der Waals surface area contributed by atoms with Gasteiger partial charge >= 0.3 is 5.69 Å². The molecule has 0 aliphatic carbocycles. The summed E-state index contributed by atoms with van der Waals surface area (Å²) in [5.41, 5.74) is 6.53. The molecule has 0 radical (unpaired) electrons. The first-order valence-corrected chi connectivity index (χ1v) is 11.1. The molecule has 1 aromatic carbocycles. The van der Waals surface area contributed by atoms with Crippen LogP contribution in [0.2, 0.25) is 5.02 Å². The van der Waals surface area contributed by atoms with Crippen LogP contribution in [0.5, 0.6) is 0 Å². The van der Waals surface area contributed by atoms with Crippen molar-refractivity contribution < 1.29 is 9.59 Å². The second-order valence-corrected chi connectivity index (χ2v) is 8.70. The molecule has 3 heterocycles. The number of nitrogens with two attached hydrogens (primary N) is 1. The van der Waals surface area contributed by atoms with E-state index >= 15 is 0 Å². The fourth-order valence-corrected chi connectivity index (χ4v) is 5.12. The molecular weight excluding hydrogens is 406 g/mol. The smallest absolute Gasteiger partial charge is 0.323 e. The Labute approximate surface area is 179 Å². The van der Waals surface area contributed by atoms with E-state index < -0.39 is 11.6 Å². The standard InChI is InChI=1S/C21H28ClN5O3/c22-15-12-13(17(20(23)29)19-18(15)24-21(30)25-19)4-5-16(28)27-10-6-14(7-11-27)26-8-2-1-3-9-26/h12,14H,1-11H2,(H2,23,29)(H2,24,25,30). The molecule has 2 amide bonds. The lowest BCUT2D eigenvalue weighted by Gasteiger charge is -2.40. The van der Waals surface area contributed by atoms with Crippen molar-refractivity contribution >= 4 is 34.4 Å². The molecule has 2 aliphatic heterocycles. The third-order valence-corrected chi connectivity index (χ3v) is 6.71. The van der Waals surface area contributed by atoms with Crippen molar-refractivity contribution in [1.29, 1.82) is 0 Å². The SMILES string of the molecule is NC(=O)c1c(CCC(=O)N2CCC(N3CCCCC3)CC2)cc(Cl)c2[nH]c(=O)[nH]c12. The van der Waals surface area contributed by atoms with Crippen LogP contribution in [-0.4, -0.2) is 63.8 Å². The van der Waals surface area contributed by atoms with Crippen LogP contribution in [0.3, 0.4) is 0 Å². The van der Waals surface area contributed by atoms with Gasteiger partial charge in [-0.2, -0.15) is 0 Å². The molecule has 0 saturated carbocycles. The van der Waals surface area contributed by atoms with Gasteiger partial charge in [0, 0.05) is 25.6 Å². The first kappa shape index (κ1) is 20.9. The first-order chi connectivity index (χ1) is 14.4. The summed E-state index contributed by atoms with van der Waals surface area (Å²) >= 11 is 6.26. The summed E-state index contributed by atoms with van der Waals surface area (Å²) in [6.45, 7) is 3.90. The maximum atomic E-state index is 12.8. The number of hydrogen-bond acceptors (Lipinski definition) is 4. The summed E-state index contributed by atoms with van der Waals surface area (Å²) < 4.78 is 0. The number of nitrogens with one attached hydrogen (secondary N) is 2. The van der Waals surface area contributed by atoms with Crippen molar-refractivity contribution in [3.63, 3.8) is 0 Å². The van der Waals surface area contributed by atoms with Crippen molar-refractivity contribution in [2.24, 2.45) is 5.73 Å². The molecule has 0 unspecified atom stereocenters. The molecule has 2 saturated heterocycles. The van der Waals surface area contributed by atoms with E-state index in [4.69, 9.17) is 17.3 Å². The molecule has 1 aromatic heterocycles. The Morgan fingerprint density at radius 3 is 2.40 bits per heavy atom. The number of piperidine rings is 2. The van der Waals surface area contributed by atoms with Crippen LogP contribution in [0.1, 0.15) is 54.4 Å². The van der Waals surface area contributed by atoms with E-state index in [-0.39, 0.29) is 17.9 Å². The molecular formula is C21H28ClN5O3. The normalized spacial score (nSPS) is 18.8. The Kier molecular flexibility index (Phi) is 6.15. The molecule has 162 valence electrons. The number of nitrogens with zero attached hydrogens (tertiary/aromatic N) is 2. The third kappa shape index (κ3) is 4.25. The Hall–Kier alpha value is -2.32. The van der Waals surface area contributed by atoms with Gasteiger partial charge < -0.3 is 25.5 Å². The number of halogens is 1. The minimum Gasteiger partial charge on any atom is -0.366 e. The number of imidazole rings is 1. The third-order valence-electron chi connectivity index (χ3n) is 6.42. The highest BCUT2D eigenvalue weighted by molar-refractivity contribution is 6.35. The fourth-order valence-electron chi connectivity index (χ4n) is 4.85. The predicted molar refractivity (Wildman–Crippen MR) is 116 cm³/mol. The Balaban J connectivity index is 1.40. The number of carbonyl (C=O) groups excluding carboxylic acids is 2. The van der Waals surface area contributed by atoms with Gasteiger partial charge in [-0.05, 0) is 56.8 Å². The largest absolute Gasteiger partial charge is 0.366 e. The topological polar surface area (TPSA) is 115 Å². The Bertz CT molecular complexity index is 1000. The number of carbonyl (C=O) groups is 2. The van der Waals surface area contributed by atoms with Gasteiger partial charge in [0.25, 0.3) is 5.91 Å². The van der Waals surface area contributed by atoms with Crippen molar-refractivity contribution in [3.8, 4) is 0 Å². The molecule has 0 spiro atoms. The van der Waals surface area contributed by atoms with E-state index in [1.165, 1.54) is 32.4 Å². The lowest BCUT2D eigenvalue weighted by molar-refractivity contribution is -0.132. The van der Waals surface area contributed by atoms with Crippen molar-refractivity contribution in [2.75, 3.05) is 26.2 Å². The molecule has 2 aliphatic rings. The molecule has 2 aromatic rings. The lowest BCUT2D eigenvalue weighted by Crippen LogP contribution is -2.48. The molecule has 2 fully saturated rings. The number of aryl methyl sites for hydroxylation is 1. The molecule has 8 nitrogen and oxygen atoms in total. The summed E-state index contributed by atoms with van der Waals surface area (Å²) in [7, 11) is 0. The second-order valence-electron chi connectivity index (χ2n) is 8.29. The highest BCUT2D eigenvalue weighted by atomic mass is 35.5. The second kappa shape index (κ2) is 8.81. The van der Waals surface area contributed by atoms with Gasteiger partial charge in [-0.15, -0.1) is 0 Å². The van der Waals surface area contributed by atoms with Crippen molar-refractivity contribution in [3.05, 3.63) is 32.7 Å². The monoisotopic (exact) mass is 433 g/mol. The van der Waals surface area contributed by atoms with Gasteiger partial charge in [-0.25, -0.2) is 4.79 Å². The van der Waals surface area contributed by atoms with Crippen molar-refractivity contribution in [1.82, 2.24) is 19.8 Å².